The number of aliphatic carboxylic acids is 2. The first-order chi connectivity index (χ1) is 17.4. The van der Waals surface area contributed by atoms with Crippen LogP contribution in [0.15, 0.2) is 0 Å². The van der Waals surface area contributed by atoms with Crippen molar-refractivity contribution in [1.82, 2.24) is 36.4 Å². The van der Waals surface area contributed by atoms with Crippen LogP contribution in [0.3, 0.4) is 0 Å². The van der Waals surface area contributed by atoms with E-state index in [9.17, 15) is 38.4 Å². The van der Waals surface area contributed by atoms with E-state index in [1.807, 2.05) is 0 Å². The van der Waals surface area contributed by atoms with Crippen molar-refractivity contribution in [2.45, 2.75) is 0 Å². The number of hydrogen-bond acceptors (Lipinski definition) is 10. The van der Waals surface area contributed by atoms with Crippen LogP contribution >= 0.6 is 0 Å². The fourth-order valence-electron chi connectivity index (χ4n) is 2.46. The molecular formula is C19H32N8O10. The summed E-state index contributed by atoms with van der Waals surface area (Å²) in [5.74, 6) is -7.61. The Morgan fingerprint density at radius 2 is 1.03 bits per heavy atom. The van der Waals surface area contributed by atoms with Crippen molar-refractivity contribution in [2.24, 2.45) is 5.73 Å². The van der Waals surface area contributed by atoms with E-state index in [0.29, 0.717) is 11.4 Å². The molecule has 0 aromatic heterocycles. The maximum Gasteiger partial charge on any atom is 0.323 e. The number of hydrogen-bond donors (Lipinski definition) is 8. The molecule has 18 nitrogen and oxygen atoms in total. The van der Waals surface area contributed by atoms with Gasteiger partial charge in [-0.1, -0.05) is 0 Å². The second-order valence-corrected chi connectivity index (χ2v) is 7.27. The Balaban J connectivity index is 4.73. The fourth-order valence-corrected chi connectivity index (χ4v) is 2.46. The highest BCUT2D eigenvalue weighted by Crippen LogP contribution is 1.92. The van der Waals surface area contributed by atoms with Gasteiger partial charge in [0.25, 0.3) is 0 Å². The Bertz CT molecular complexity index is 866. The van der Waals surface area contributed by atoms with Crippen molar-refractivity contribution in [1.29, 1.82) is 0 Å². The van der Waals surface area contributed by atoms with Crippen LogP contribution in [0.5, 0.6) is 0 Å². The van der Waals surface area contributed by atoms with Gasteiger partial charge in [-0.2, -0.15) is 0 Å². The van der Waals surface area contributed by atoms with Crippen molar-refractivity contribution in [3.8, 4) is 0 Å². The van der Waals surface area contributed by atoms with Crippen LogP contribution in [0.1, 0.15) is 0 Å². The summed E-state index contributed by atoms with van der Waals surface area (Å²) in [6, 6.07) is 0. The van der Waals surface area contributed by atoms with E-state index in [4.69, 9.17) is 15.9 Å². The smallest absolute Gasteiger partial charge is 0.323 e. The summed E-state index contributed by atoms with van der Waals surface area (Å²) < 4.78 is 0. The zero-order chi connectivity index (χ0) is 28.4. The molecule has 0 aromatic carbocycles. The molecule has 0 saturated heterocycles. The monoisotopic (exact) mass is 532 g/mol. The molecule has 0 spiro atoms. The molecule has 0 rings (SSSR count). The minimum Gasteiger partial charge on any atom is -0.480 e. The normalized spacial score (nSPS) is 10.0. The summed E-state index contributed by atoms with van der Waals surface area (Å²) in [7, 11) is 1.66. The number of likely N-dealkylation sites (N-methyl/N-ethyl adjacent to an activating group) is 1. The average molecular weight is 533 g/mol. The van der Waals surface area contributed by atoms with Gasteiger partial charge in [-0.25, -0.2) is 0 Å². The minimum atomic E-state index is -1.43. The lowest BCUT2D eigenvalue weighted by atomic mass is 10.3. The lowest BCUT2D eigenvalue weighted by Crippen LogP contribution is -2.50. The Kier molecular flexibility index (Phi) is 15.9. The maximum absolute atomic E-state index is 12.3. The van der Waals surface area contributed by atoms with Gasteiger partial charge in [0.15, 0.2) is 0 Å². The van der Waals surface area contributed by atoms with Crippen molar-refractivity contribution in [2.75, 3.05) is 72.5 Å². The van der Waals surface area contributed by atoms with E-state index in [0.717, 1.165) is 4.90 Å². The Labute approximate surface area is 211 Å². The molecule has 0 heterocycles. The second-order valence-electron chi connectivity index (χ2n) is 7.27. The van der Waals surface area contributed by atoms with Gasteiger partial charge in [0.2, 0.25) is 35.4 Å². The van der Waals surface area contributed by atoms with Gasteiger partial charge in [-0.15, -0.1) is 0 Å². The molecule has 9 N–H and O–H groups in total. The van der Waals surface area contributed by atoms with E-state index in [-0.39, 0.29) is 6.54 Å². The van der Waals surface area contributed by atoms with Crippen LogP contribution in [0.2, 0.25) is 0 Å². The Morgan fingerprint density at radius 3 is 1.46 bits per heavy atom. The molecule has 0 aliphatic carbocycles. The Hall–Kier alpha value is -4.32. The summed E-state index contributed by atoms with van der Waals surface area (Å²) >= 11 is 0. The number of rotatable bonds is 18. The molecule has 0 aromatic rings. The molecule has 37 heavy (non-hydrogen) atoms. The average Bonchev–Trinajstić information content (AvgIpc) is 2.82. The predicted octanol–water partition coefficient (Wildman–Crippen LogP) is -6.54. The molecule has 0 aliphatic heterocycles. The number of nitrogens with zero attached hydrogens (tertiary/aromatic N) is 2. The van der Waals surface area contributed by atoms with Crippen LogP contribution in [-0.4, -0.2) is 140 Å². The van der Waals surface area contributed by atoms with Gasteiger partial charge in [0.1, 0.15) is 26.2 Å². The first-order valence-corrected chi connectivity index (χ1v) is 10.8. The third-order valence-corrected chi connectivity index (χ3v) is 4.23. The van der Waals surface area contributed by atoms with Gasteiger partial charge in [-0.3, -0.25) is 38.4 Å². The maximum atomic E-state index is 12.3. The summed E-state index contributed by atoms with van der Waals surface area (Å²) in [6.07, 6.45) is 0. The molecular weight excluding hydrogens is 500 g/mol. The standard InChI is InChI=1S/C19H32N8O10/c1-21-2-3-22-14(30)8-26(10-18(34)35)17(33)7-25-13(29)5-23-15(31)9-27(11-19(36)37)16(32)6-24-12(28)4-20/h21H,2-11,20H2,1H3,(H,22,30)(H,23,31)(H,24,28)(H,25,29)(H,34,35)(H,36,37). The van der Waals surface area contributed by atoms with E-state index in [1.54, 1.807) is 7.05 Å². The highest BCUT2D eigenvalue weighted by Gasteiger charge is 2.22. The molecule has 0 fully saturated rings. The van der Waals surface area contributed by atoms with Gasteiger partial charge in [0.05, 0.1) is 26.2 Å². The number of nitrogens with two attached hydrogens (primary N) is 1. The minimum absolute atomic E-state index is 0.249. The highest BCUT2D eigenvalue weighted by atomic mass is 16.4. The van der Waals surface area contributed by atoms with E-state index in [1.165, 1.54) is 0 Å². The highest BCUT2D eigenvalue weighted by molar-refractivity contribution is 5.93. The SMILES string of the molecule is CNCCNC(=O)CN(CC(=O)O)C(=O)CNC(=O)CNC(=O)CN(CC(=O)O)C(=O)CNC(=O)CN. The molecule has 0 atom stereocenters. The number of amides is 6. The van der Waals surface area contributed by atoms with Crippen LogP contribution < -0.4 is 32.3 Å². The topological polar surface area (TPSA) is 270 Å². The van der Waals surface area contributed by atoms with Crippen LogP contribution in [-0.2, 0) is 38.4 Å². The van der Waals surface area contributed by atoms with Gasteiger partial charge in [0, 0.05) is 13.1 Å². The zero-order valence-corrected chi connectivity index (χ0v) is 20.2. The number of carbonyl (C=O) groups excluding carboxylic acids is 6. The van der Waals surface area contributed by atoms with E-state index < -0.39 is 99.7 Å². The van der Waals surface area contributed by atoms with Crippen LogP contribution in [0, 0.1) is 0 Å². The molecule has 6 amide bonds. The fraction of sp³-hybridized carbons (Fsp3) is 0.579. The summed E-state index contributed by atoms with van der Waals surface area (Å²) in [4.78, 5) is 94.7. The molecule has 0 aliphatic rings. The Morgan fingerprint density at radius 1 is 0.595 bits per heavy atom. The number of carbonyl (C=O) groups is 8. The second kappa shape index (κ2) is 18.0. The van der Waals surface area contributed by atoms with Crippen LogP contribution in [0.4, 0.5) is 0 Å². The molecule has 0 saturated carbocycles. The lowest BCUT2D eigenvalue weighted by molar-refractivity contribution is -0.146. The molecule has 0 unspecified atom stereocenters. The summed E-state index contributed by atoms with van der Waals surface area (Å²) in [5.41, 5.74) is 5.09. The first kappa shape index (κ1) is 32.7. The van der Waals surface area contributed by atoms with E-state index in [2.05, 4.69) is 26.6 Å². The van der Waals surface area contributed by atoms with Crippen molar-refractivity contribution < 1.29 is 48.6 Å². The molecule has 18 heteroatoms. The third-order valence-electron chi connectivity index (χ3n) is 4.23. The summed E-state index contributed by atoms with van der Waals surface area (Å²) in [6.45, 7) is -4.57. The predicted molar refractivity (Wildman–Crippen MR) is 123 cm³/mol. The molecule has 0 bridgehead atoms. The van der Waals surface area contributed by atoms with Gasteiger partial charge < -0.3 is 52.3 Å². The first-order valence-electron chi connectivity index (χ1n) is 10.8. The number of nitrogens with one attached hydrogen (secondary N) is 5. The van der Waals surface area contributed by atoms with Crippen molar-refractivity contribution >= 4 is 47.4 Å². The summed E-state index contributed by atoms with van der Waals surface area (Å²) in [5, 5.41) is 29.6. The quantitative estimate of drug-likeness (QED) is 0.0765. The number of carboxylic acids is 2. The third kappa shape index (κ3) is 16.1. The number of carboxylic acid groups (broad SMARTS) is 2. The lowest BCUT2D eigenvalue weighted by Gasteiger charge is -2.21. The zero-order valence-electron chi connectivity index (χ0n) is 20.2. The van der Waals surface area contributed by atoms with Crippen LogP contribution in [0.25, 0.3) is 0 Å². The van der Waals surface area contributed by atoms with Crippen molar-refractivity contribution in [3.05, 3.63) is 0 Å². The van der Waals surface area contributed by atoms with Crippen molar-refractivity contribution in [3.63, 3.8) is 0 Å². The van der Waals surface area contributed by atoms with E-state index >= 15 is 0 Å². The molecule has 208 valence electrons. The molecule has 0 radical (unpaired) electrons. The van der Waals surface area contributed by atoms with Gasteiger partial charge >= 0.3 is 11.9 Å². The largest absolute Gasteiger partial charge is 0.480 e. The van der Waals surface area contributed by atoms with Gasteiger partial charge in [-0.05, 0) is 7.05 Å².